The van der Waals surface area contributed by atoms with Crippen molar-refractivity contribution in [3.8, 4) is 17.1 Å². The maximum Gasteiger partial charge on any atom is 0.230 e. The Balaban J connectivity index is 1.46. The van der Waals surface area contributed by atoms with Gasteiger partial charge in [0.25, 0.3) is 0 Å². The summed E-state index contributed by atoms with van der Waals surface area (Å²) in [6.07, 6.45) is 1.20. The van der Waals surface area contributed by atoms with E-state index < -0.39 is 0 Å². The first-order valence-electron chi connectivity index (χ1n) is 8.79. The van der Waals surface area contributed by atoms with Crippen LogP contribution in [0, 0.1) is 6.92 Å². The molecule has 0 radical (unpaired) electrons. The van der Waals surface area contributed by atoms with E-state index >= 15 is 0 Å². The highest BCUT2D eigenvalue weighted by Gasteiger charge is 2.20. The van der Waals surface area contributed by atoms with Gasteiger partial charge in [-0.2, -0.15) is 0 Å². The van der Waals surface area contributed by atoms with Crippen molar-refractivity contribution >= 4 is 23.2 Å². The molecule has 5 nitrogen and oxygen atoms in total. The molecule has 1 N–H and O–H groups in total. The molecular formula is C21H19ClN2O3. The summed E-state index contributed by atoms with van der Waals surface area (Å²) in [4.78, 5) is 12.3. The predicted molar refractivity (Wildman–Crippen MR) is 104 cm³/mol. The second-order valence-electron chi connectivity index (χ2n) is 6.82. The summed E-state index contributed by atoms with van der Waals surface area (Å²) in [7, 11) is 0. The Kier molecular flexibility index (Phi) is 4.62. The Bertz CT molecular complexity index is 1010. The number of aryl methyl sites for hydroxylation is 1. The highest BCUT2D eigenvalue weighted by Crippen LogP contribution is 2.33. The quantitative estimate of drug-likeness (QED) is 0.703. The van der Waals surface area contributed by atoms with Gasteiger partial charge in [0, 0.05) is 28.8 Å². The van der Waals surface area contributed by atoms with Crippen molar-refractivity contribution in [2.75, 3.05) is 5.32 Å². The number of halogens is 1. The summed E-state index contributed by atoms with van der Waals surface area (Å²) in [6, 6.07) is 13.1. The molecule has 4 rings (SSSR count). The number of aromatic nitrogens is 1. The van der Waals surface area contributed by atoms with Crippen molar-refractivity contribution in [1.82, 2.24) is 5.16 Å². The van der Waals surface area contributed by atoms with Crippen LogP contribution < -0.4 is 10.1 Å². The average Bonchev–Trinajstić information content (AvgIpc) is 3.22. The number of anilines is 1. The molecule has 1 aliphatic rings. The fourth-order valence-electron chi connectivity index (χ4n) is 3.19. The number of fused-ring (bicyclic) bond motifs is 1. The van der Waals surface area contributed by atoms with Gasteiger partial charge in [0.15, 0.2) is 5.76 Å². The smallest absolute Gasteiger partial charge is 0.230 e. The normalized spacial score (nSPS) is 15.3. The zero-order chi connectivity index (χ0) is 19.0. The molecule has 2 heterocycles. The number of amides is 1. The van der Waals surface area contributed by atoms with Crippen LogP contribution in [0.25, 0.3) is 11.3 Å². The summed E-state index contributed by atoms with van der Waals surface area (Å²) in [5, 5.41) is 7.47. The molecule has 0 bridgehead atoms. The van der Waals surface area contributed by atoms with Gasteiger partial charge in [-0.05, 0) is 55.3 Å². The maximum atomic E-state index is 12.3. The zero-order valence-corrected chi connectivity index (χ0v) is 15.8. The van der Waals surface area contributed by atoms with Crippen molar-refractivity contribution in [3.05, 3.63) is 64.3 Å². The minimum absolute atomic E-state index is 0.126. The first-order valence-corrected chi connectivity index (χ1v) is 9.17. The molecule has 3 aromatic rings. The van der Waals surface area contributed by atoms with E-state index in [2.05, 4.69) is 16.5 Å². The molecule has 1 aliphatic heterocycles. The van der Waals surface area contributed by atoms with Crippen molar-refractivity contribution < 1.29 is 14.1 Å². The summed E-state index contributed by atoms with van der Waals surface area (Å²) in [5.41, 5.74) is 4.31. The van der Waals surface area contributed by atoms with Crippen LogP contribution in [0.15, 0.2) is 47.0 Å². The van der Waals surface area contributed by atoms with E-state index in [1.807, 2.05) is 32.0 Å². The van der Waals surface area contributed by atoms with Gasteiger partial charge >= 0.3 is 0 Å². The van der Waals surface area contributed by atoms with Crippen LogP contribution in [0.2, 0.25) is 5.02 Å². The van der Waals surface area contributed by atoms with Gasteiger partial charge < -0.3 is 14.6 Å². The molecule has 1 aromatic heterocycles. The molecule has 0 spiro atoms. The Morgan fingerprint density at radius 1 is 1.26 bits per heavy atom. The molecule has 1 atom stereocenters. The van der Waals surface area contributed by atoms with Gasteiger partial charge in [-0.25, -0.2) is 0 Å². The van der Waals surface area contributed by atoms with Crippen molar-refractivity contribution in [2.24, 2.45) is 0 Å². The first kappa shape index (κ1) is 17.6. The number of ether oxygens (including phenoxy) is 1. The van der Waals surface area contributed by atoms with E-state index in [9.17, 15) is 4.79 Å². The van der Waals surface area contributed by atoms with Crippen molar-refractivity contribution in [3.63, 3.8) is 0 Å². The summed E-state index contributed by atoms with van der Waals surface area (Å²) >= 11 is 5.99. The first-order chi connectivity index (χ1) is 13.0. The molecule has 6 heteroatoms. The number of nitrogens with zero attached hydrogens (tertiary/aromatic N) is 1. The van der Waals surface area contributed by atoms with E-state index in [4.69, 9.17) is 20.9 Å². The second kappa shape index (κ2) is 7.08. The van der Waals surface area contributed by atoms with Gasteiger partial charge in [-0.3, -0.25) is 4.79 Å². The van der Waals surface area contributed by atoms with Crippen LogP contribution in [-0.4, -0.2) is 17.2 Å². The molecule has 0 aliphatic carbocycles. The molecule has 1 amide bonds. The lowest BCUT2D eigenvalue weighted by atomic mass is 10.1. The Morgan fingerprint density at radius 3 is 2.96 bits per heavy atom. The van der Waals surface area contributed by atoms with E-state index in [-0.39, 0.29) is 18.4 Å². The van der Waals surface area contributed by atoms with Crippen molar-refractivity contribution in [2.45, 2.75) is 32.8 Å². The Hall–Kier alpha value is -2.79. The fourth-order valence-corrected chi connectivity index (χ4v) is 3.37. The third-order valence-corrected chi connectivity index (χ3v) is 4.79. The number of nitrogens with one attached hydrogen (secondary N) is 1. The van der Waals surface area contributed by atoms with Crippen LogP contribution in [0.5, 0.6) is 5.75 Å². The van der Waals surface area contributed by atoms with Crippen LogP contribution in [0.1, 0.15) is 23.7 Å². The SMILES string of the molecule is Cc1ccc(Cl)cc1NC(=O)Cc1cc(-c2ccc3c(c2)CC(C)O3)on1. The second-order valence-corrected chi connectivity index (χ2v) is 7.26. The molecule has 2 aromatic carbocycles. The number of benzene rings is 2. The lowest BCUT2D eigenvalue weighted by Gasteiger charge is -2.07. The topological polar surface area (TPSA) is 64.4 Å². The number of hydrogen-bond acceptors (Lipinski definition) is 4. The summed E-state index contributed by atoms with van der Waals surface area (Å²) < 4.78 is 11.2. The van der Waals surface area contributed by atoms with Gasteiger partial charge in [0.1, 0.15) is 11.9 Å². The molecule has 0 saturated heterocycles. The van der Waals surface area contributed by atoms with Gasteiger partial charge in [-0.1, -0.05) is 22.8 Å². The lowest BCUT2D eigenvalue weighted by molar-refractivity contribution is -0.115. The van der Waals surface area contributed by atoms with Crippen LogP contribution in [0.4, 0.5) is 5.69 Å². The minimum Gasteiger partial charge on any atom is -0.490 e. The summed E-state index contributed by atoms with van der Waals surface area (Å²) in [5.74, 6) is 1.39. The molecule has 0 saturated carbocycles. The van der Waals surface area contributed by atoms with E-state index in [0.29, 0.717) is 22.2 Å². The van der Waals surface area contributed by atoms with Crippen LogP contribution >= 0.6 is 11.6 Å². The van der Waals surface area contributed by atoms with E-state index in [1.165, 1.54) is 0 Å². The molecular weight excluding hydrogens is 364 g/mol. The molecule has 27 heavy (non-hydrogen) atoms. The maximum absolute atomic E-state index is 12.3. The largest absolute Gasteiger partial charge is 0.490 e. The Labute approximate surface area is 162 Å². The number of hydrogen-bond donors (Lipinski definition) is 1. The lowest BCUT2D eigenvalue weighted by Crippen LogP contribution is -2.15. The monoisotopic (exact) mass is 382 g/mol. The standard InChI is InChI=1S/C21H19ClN2O3/c1-12-3-5-16(22)9-18(12)23-21(25)11-17-10-20(27-24-17)14-4-6-19-15(8-14)7-13(2)26-19/h3-6,8-10,13H,7,11H2,1-2H3,(H,23,25). The van der Waals surface area contributed by atoms with Gasteiger partial charge in [-0.15, -0.1) is 0 Å². The average molecular weight is 383 g/mol. The number of carbonyl (C=O) groups excluding carboxylic acids is 1. The van der Waals surface area contributed by atoms with E-state index in [0.717, 1.165) is 28.9 Å². The van der Waals surface area contributed by atoms with E-state index in [1.54, 1.807) is 18.2 Å². The number of rotatable bonds is 4. The van der Waals surface area contributed by atoms with Crippen LogP contribution in [-0.2, 0) is 17.6 Å². The molecule has 138 valence electrons. The zero-order valence-electron chi connectivity index (χ0n) is 15.1. The minimum atomic E-state index is -0.170. The Morgan fingerprint density at radius 2 is 2.11 bits per heavy atom. The molecule has 1 unspecified atom stereocenters. The highest BCUT2D eigenvalue weighted by atomic mass is 35.5. The van der Waals surface area contributed by atoms with Crippen molar-refractivity contribution in [1.29, 1.82) is 0 Å². The van der Waals surface area contributed by atoms with Crippen LogP contribution in [0.3, 0.4) is 0 Å². The van der Waals surface area contributed by atoms with Gasteiger partial charge in [0.2, 0.25) is 5.91 Å². The fraction of sp³-hybridized carbons (Fsp3) is 0.238. The van der Waals surface area contributed by atoms with Gasteiger partial charge in [0.05, 0.1) is 12.1 Å². The summed E-state index contributed by atoms with van der Waals surface area (Å²) in [6.45, 7) is 3.96. The number of carbonyl (C=O) groups is 1. The highest BCUT2D eigenvalue weighted by molar-refractivity contribution is 6.31. The molecule has 0 fully saturated rings. The third kappa shape index (κ3) is 3.83. The third-order valence-electron chi connectivity index (χ3n) is 4.55. The predicted octanol–water partition coefficient (Wildman–Crippen LogP) is 4.81.